The van der Waals surface area contributed by atoms with Crippen LogP contribution in [0.1, 0.15) is 16.7 Å². The topological polar surface area (TPSA) is 58.2 Å². The van der Waals surface area contributed by atoms with Crippen LogP contribution in [0.25, 0.3) is 0 Å². The lowest BCUT2D eigenvalue weighted by molar-refractivity contribution is 0.587. The Morgan fingerprint density at radius 1 is 1.12 bits per heavy atom. The first-order chi connectivity index (χ1) is 7.42. The number of nitrogens with one attached hydrogen (secondary N) is 2. The van der Waals surface area contributed by atoms with Crippen LogP contribution < -0.4 is 10.0 Å². The summed E-state index contributed by atoms with van der Waals surface area (Å²) in [6.07, 6.45) is 0. The maximum atomic E-state index is 11.8. The largest absolute Gasteiger partial charge is 0.316 e. The highest BCUT2D eigenvalue weighted by molar-refractivity contribution is 7.89. The Morgan fingerprint density at radius 2 is 1.75 bits per heavy atom. The van der Waals surface area contributed by atoms with Gasteiger partial charge in [0.25, 0.3) is 0 Å². The van der Waals surface area contributed by atoms with Crippen molar-refractivity contribution in [2.45, 2.75) is 25.3 Å². The molecule has 0 aliphatic heterocycles. The van der Waals surface area contributed by atoms with Gasteiger partial charge in [0, 0.05) is 6.54 Å². The Labute approximate surface area is 97.1 Å². The summed E-state index contributed by atoms with van der Waals surface area (Å²) in [5, 5.41) is 3.03. The molecule has 0 radical (unpaired) electrons. The molecule has 1 aromatic rings. The van der Waals surface area contributed by atoms with E-state index < -0.39 is 10.0 Å². The number of benzene rings is 1. The quantitative estimate of drug-likeness (QED) is 0.826. The number of rotatable bonds is 4. The molecule has 0 atom stereocenters. The Morgan fingerprint density at radius 3 is 2.25 bits per heavy atom. The highest BCUT2D eigenvalue weighted by Crippen LogP contribution is 2.20. The van der Waals surface area contributed by atoms with Crippen LogP contribution in [0.2, 0.25) is 0 Å². The van der Waals surface area contributed by atoms with Gasteiger partial charge in [-0.3, -0.25) is 0 Å². The highest BCUT2D eigenvalue weighted by atomic mass is 32.2. The zero-order chi connectivity index (χ0) is 12.3. The molecule has 2 N–H and O–H groups in total. The zero-order valence-electron chi connectivity index (χ0n) is 10.1. The van der Waals surface area contributed by atoms with Crippen LogP contribution in [0.5, 0.6) is 0 Å². The summed E-state index contributed by atoms with van der Waals surface area (Å²) < 4.78 is 25.9. The molecule has 0 unspecified atom stereocenters. The van der Waals surface area contributed by atoms with Gasteiger partial charge in [0.15, 0.2) is 0 Å². The van der Waals surface area contributed by atoms with E-state index in [1.54, 1.807) is 13.0 Å². The summed E-state index contributed by atoms with van der Waals surface area (Å²) in [6.45, 7) is 4.45. The fourth-order valence-electron chi connectivity index (χ4n) is 1.65. The van der Waals surface area contributed by atoms with E-state index in [1.165, 1.54) is 7.05 Å². The number of hydrogen-bond donors (Lipinski definition) is 2. The van der Waals surface area contributed by atoms with Crippen LogP contribution in [0.15, 0.2) is 17.0 Å². The third-order valence-electron chi connectivity index (χ3n) is 2.56. The van der Waals surface area contributed by atoms with Crippen LogP contribution in [-0.2, 0) is 16.6 Å². The van der Waals surface area contributed by atoms with Crippen molar-refractivity contribution < 1.29 is 8.42 Å². The molecule has 0 aromatic heterocycles. The average Bonchev–Trinajstić information content (AvgIpc) is 2.22. The lowest BCUT2D eigenvalue weighted by atomic mass is 10.1. The van der Waals surface area contributed by atoms with Gasteiger partial charge < -0.3 is 5.32 Å². The van der Waals surface area contributed by atoms with Gasteiger partial charge >= 0.3 is 0 Å². The van der Waals surface area contributed by atoms with Gasteiger partial charge in [0.1, 0.15) is 0 Å². The maximum Gasteiger partial charge on any atom is 0.240 e. The Hall–Kier alpha value is -0.910. The third kappa shape index (κ3) is 2.61. The smallest absolute Gasteiger partial charge is 0.240 e. The molecular formula is C11H18N2O2S. The first-order valence-electron chi connectivity index (χ1n) is 5.10. The summed E-state index contributed by atoms with van der Waals surface area (Å²) in [5.74, 6) is 0. The van der Waals surface area contributed by atoms with Gasteiger partial charge in [-0.15, -0.1) is 0 Å². The van der Waals surface area contributed by atoms with E-state index >= 15 is 0 Å². The van der Waals surface area contributed by atoms with Gasteiger partial charge in [0.2, 0.25) is 10.0 Å². The summed E-state index contributed by atoms with van der Waals surface area (Å²) in [4.78, 5) is 0.353. The molecule has 90 valence electrons. The van der Waals surface area contributed by atoms with Crippen molar-refractivity contribution in [2.75, 3.05) is 14.1 Å². The lowest BCUT2D eigenvalue weighted by Gasteiger charge is -2.12. The summed E-state index contributed by atoms with van der Waals surface area (Å²) in [5.41, 5.74) is 2.87. The average molecular weight is 242 g/mol. The molecule has 0 saturated heterocycles. The molecule has 0 spiro atoms. The summed E-state index contributed by atoms with van der Waals surface area (Å²) in [7, 11) is -0.102. The standard InChI is InChI=1S/C11H18N2O2S/c1-8-5-9(2)11(16(14,15)13-4)6-10(8)7-12-3/h5-6,12-13H,7H2,1-4H3. The van der Waals surface area contributed by atoms with E-state index in [2.05, 4.69) is 10.0 Å². The van der Waals surface area contributed by atoms with E-state index in [0.717, 1.165) is 16.7 Å². The monoisotopic (exact) mass is 242 g/mol. The van der Waals surface area contributed by atoms with Crippen molar-refractivity contribution in [1.82, 2.24) is 10.0 Å². The molecular weight excluding hydrogens is 224 g/mol. The van der Waals surface area contributed by atoms with Gasteiger partial charge in [-0.2, -0.15) is 0 Å². The maximum absolute atomic E-state index is 11.8. The van der Waals surface area contributed by atoms with Crippen molar-refractivity contribution in [3.05, 3.63) is 28.8 Å². The van der Waals surface area contributed by atoms with E-state index in [1.807, 2.05) is 20.0 Å². The van der Waals surface area contributed by atoms with Crippen molar-refractivity contribution in [1.29, 1.82) is 0 Å². The molecule has 1 aromatic carbocycles. The van der Waals surface area contributed by atoms with E-state index in [0.29, 0.717) is 11.4 Å². The molecule has 0 amide bonds. The van der Waals surface area contributed by atoms with Crippen LogP contribution in [0.3, 0.4) is 0 Å². The molecule has 0 aliphatic carbocycles. The summed E-state index contributed by atoms with van der Waals surface area (Å²) >= 11 is 0. The Kier molecular flexibility index (Phi) is 4.07. The second-order valence-corrected chi connectivity index (χ2v) is 5.64. The molecule has 0 bridgehead atoms. The van der Waals surface area contributed by atoms with Crippen molar-refractivity contribution in [3.63, 3.8) is 0 Å². The van der Waals surface area contributed by atoms with Crippen molar-refractivity contribution in [2.24, 2.45) is 0 Å². The first-order valence-corrected chi connectivity index (χ1v) is 6.59. The number of hydrogen-bond acceptors (Lipinski definition) is 3. The second kappa shape index (κ2) is 4.95. The molecule has 5 heteroatoms. The SMILES string of the molecule is CNCc1cc(S(=O)(=O)NC)c(C)cc1C. The van der Waals surface area contributed by atoms with E-state index in [-0.39, 0.29) is 0 Å². The lowest BCUT2D eigenvalue weighted by Crippen LogP contribution is -2.20. The number of aryl methyl sites for hydroxylation is 2. The van der Waals surface area contributed by atoms with Gasteiger partial charge in [-0.1, -0.05) is 6.07 Å². The molecule has 0 saturated carbocycles. The van der Waals surface area contributed by atoms with Crippen molar-refractivity contribution >= 4 is 10.0 Å². The predicted molar refractivity (Wildman–Crippen MR) is 64.9 cm³/mol. The van der Waals surface area contributed by atoms with E-state index in [9.17, 15) is 8.42 Å². The van der Waals surface area contributed by atoms with Gasteiger partial charge in [0.05, 0.1) is 4.90 Å². The molecule has 0 aliphatic rings. The van der Waals surface area contributed by atoms with Gasteiger partial charge in [-0.25, -0.2) is 13.1 Å². The van der Waals surface area contributed by atoms with Crippen LogP contribution in [0.4, 0.5) is 0 Å². The fourth-order valence-corrected chi connectivity index (χ4v) is 2.66. The van der Waals surface area contributed by atoms with E-state index in [4.69, 9.17) is 0 Å². The third-order valence-corrected chi connectivity index (χ3v) is 4.12. The molecule has 0 heterocycles. The van der Waals surface area contributed by atoms with Crippen LogP contribution in [0, 0.1) is 13.8 Å². The minimum absolute atomic E-state index is 0.353. The molecule has 16 heavy (non-hydrogen) atoms. The number of sulfonamides is 1. The van der Waals surface area contributed by atoms with Gasteiger partial charge in [-0.05, 0) is 50.7 Å². The van der Waals surface area contributed by atoms with Crippen molar-refractivity contribution in [3.8, 4) is 0 Å². The van der Waals surface area contributed by atoms with Crippen LogP contribution in [-0.4, -0.2) is 22.5 Å². The molecule has 1 rings (SSSR count). The second-order valence-electron chi connectivity index (χ2n) is 3.78. The minimum atomic E-state index is -3.36. The fraction of sp³-hybridized carbons (Fsp3) is 0.455. The Bertz CT molecular complexity index is 481. The Balaban J connectivity index is 3.36. The van der Waals surface area contributed by atoms with Crippen LogP contribution >= 0.6 is 0 Å². The normalized spacial score (nSPS) is 11.8. The molecule has 4 nitrogen and oxygen atoms in total. The zero-order valence-corrected chi connectivity index (χ0v) is 10.9. The highest BCUT2D eigenvalue weighted by Gasteiger charge is 2.16. The molecule has 0 fully saturated rings. The minimum Gasteiger partial charge on any atom is -0.316 e. The predicted octanol–water partition coefficient (Wildman–Crippen LogP) is 0.931. The first kappa shape index (κ1) is 13.2. The summed E-state index contributed by atoms with van der Waals surface area (Å²) in [6, 6.07) is 3.63.